The van der Waals surface area contributed by atoms with E-state index >= 15 is 0 Å². The van der Waals surface area contributed by atoms with Crippen molar-refractivity contribution in [3.8, 4) is 0 Å². The monoisotopic (exact) mass is 472 g/mol. The van der Waals surface area contributed by atoms with E-state index in [1.807, 2.05) is 6.92 Å². The van der Waals surface area contributed by atoms with Gasteiger partial charge in [0.1, 0.15) is 0 Å². The molecule has 192 valence electrons. The number of hydrogen-bond donors (Lipinski definition) is 3. The summed E-state index contributed by atoms with van der Waals surface area (Å²) >= 11 is 0. The fourth-order valence-corrected chi connectivity index (χ4v) is 10.5. The van der Waals surface area contributed by atoms with Crippen LogP contribution in [0, 0.1) is 50.2 Å². The van der Waals surface area contributed by atoms with E-state index in [-0.39, 0.29) is 39.8 Å². The van der Waals surface area contributed by atoms with Gasteiger partial charge in [-0.2, -0.15) is 0 Å². The van der Waals surface area contributed by atoms with Crippen LogP contribution in [0.15, 0.2) is 11.6 Å². The Morgan fingerprint density at radius 1 is 0.941 bits per heavy atom. The van der Waals surface area contributed by atoms with E-state index in [1.165, 1.54) is 12.8 Å². The molecule has 34 heavy (non-hydrogen) atoms. The highest BCUT2D eigenvalue weighted by atomic mass is 16.4. The lowest BCUT2D eigenvalue weighted by molar-refractivity contribution is -0.222. The van der Waals surface area contributed by atoms with Gasteiger partial charge in [-0.05, 0) is 111 Å². The molecule has 0 aromatic rings. The molecule has 0 aromatic carbocycles. The van der Waals surface area contributed by atoms with Gasteiger partial charge in [0.25, 0.3) is 0 Å². The van der Waals surface area contributed by atoms with Gasteiger partial charge in [0, 0.05) is 12.0 Å². The molecule has 9 atom stereocenters. The predicted molar refractivity (Wildman–Crippen MR) is 134 cm³/mol. The molecule has 0 aromatic heterocycles. The molecular weight excluding hydrogens is 424 g/mol. The number of hydrogen-bond acceptors (Lipinski definition) is 3. The van der Waals surface area contributed by atoms with Gasteiger partial charge in [-0.3, -0.25) is 4.79 Å². The van der Waals surface area contributed by atoms with Crippen molar-refractivity contribution in [2.75, 3.05) is 6.61 Å². The number of fused-ring (bicyclic) bond motifs is 7. The summed E-state index contributed by atoms with van der Waals surface area (Å²) in [5, 5.41) is 32.0. The van der Waals surface area contributed by atoms with Crippen molar-refractivity contribution >= 4 is 5.97 Å². The Labute approximate surface area is 206 Å². The van der Waals surface area contributed by atoms with Gasteiger partial charge in [-0.1, -0.05) is 46.3 Å². The lowest BCUT2D eigenvalue weighted by Crippen LogP contribution is -2.66. The van der Waals surface area contributed by atoms with Gasteiger partial charge < -0.3 is 15.3 Å². The van der Waals surface area contributed by atoms with Crippen LogP contribution in [-0.2, 0) is 4.79 Å². The summed E-state index contributed by atoms with van der Waals surface area (Å²) in [4.78, 5) is 12.2. The van der Waals surface area contributed by atoms with Crippen LogP contribution in [0.25, 0.3) is 0 Å². The van der Waals surface area contributed by atoms with Crippen LogP contribution in [0.3, 0.4) is 0 Å². The Balaban J connectivity index is 1.59. The second-order valence-electron chi connectivity index (χ2n) is 14.8. The minimum atomic E-state index is -0.634. The summed E-state index contributed by atoms with van der Waals surface area (Å²) in [5.74, 6) is 0.448. The molecule has 0 radical (unpaired) electrons. The number of carboxylic acid groups (broad SMARTS) is 1. The molecule has 0 heterocycles. The van der Waals surface area contributed by atoms with Crippen LogP contribution >= 0.6 is 0 Å². The van der Waals surface area contributed by atoms with E-state index in [0.29, 0.717) is 17.8 Å². The summed E-state index contributed by atoms with van der Waals surface area (Å²) in [6.45, 7) is 14.1. The fraction of sp³-hybridized carbons (Fsp3) is 0.900. The smallest absolute Gasteiger partial charge is 0.309 e. The average Bonchev–Trinajstić information content (AvgIpc) is 2.77. The molecule has 4 fully saturated rings. The predicted octanol–water partition coefficient (Wildman–Crippen LogP) is 6.21. The number of carbonyl (C=O) groups is 1. The standard InChI is InChI=1S/C30H48O4/c1-25(2)21-9-11-29(6)22(30(21,18-31)12-10-23(25)32)8-7-19-20-17-27(4,24(33)34)14-13-26(20,3)15-16-28(19,29)5/h7,20-23,31-32H,8-18H2,1-6H3,(H,33,34)/t20-,21+,22-,23-,26+,27-,28+,29+,30+/m0/s1. The number of allylic oxidation sites excluding steroid dienone is 2. The van der Waals surface area contributed by atoms with Crippen molar-refractivity contribution < 1.29 is 20.1 Å². The lowest BCUT2D eigenvalue weighted by atomic mass is 9.33. The van der Waals surface area contributed by atoms with Crippen LogP contribution < -0.4 is 0 Å². The van der Waals surface area contributed by atoms with E-state index in [0.717, 1.165) is 51.4 Å². The van der Waals surface area contributed by atoms with E-state index in [4.69, 9.17) is 0 Å². The van der Waals surface area contributed by atoms with E-state index in [2.05, 4.69) is 40.7 Å². The van der Waals surface area contributed by atoms with Crippen molar-refractivity contribution in [1.29, 1.82) is 0 Å². The van der Waals surface area contributed by atoms with Crippen LogP contribution in [0.4, 0.5) is 0 Å². The van der Waals surface area contributed by atoms with Gasteiger partial charge in [0.05, 0.1) is 11.5 Å². The lowest BCUT2D eigenvalue weighted by Gasteiger charge is -2.71. The summed E-state index contributed by atoms with van der Waals surface area (Å²) in [6, 6.07) is 0. The van der Waals surface area contributed by atoms with Gasteiger partial charge in [-0.25, -0.2) is 0 Å². The number of aliphatic hydroxyl groups excluding tert-OH is 2. The Hall–Kier alpha value is -0.870. The molecule has 5 rings (SSSR count). The second-order valence-corrected chi connectivity index (χ2v) is 14.8. The zero-order valence-corrected chi connectivity index (χ0v) is 22.4. The van der Waals surface area contributed by atoms with E-state index in [1.54, 1.807) is 5.57 Å². The normalized spacial score (nSPS) is 54.1. The molecule has 0 amide bonds. The Morgan fingerprint density at radius 3 is 2.26 bits per heavy atom. The number of rotatable bonds is 2. The zero-order valence-electron chi connectivity index (χ0n) is 22.4. The van der Waals surface area contributed by atoms with Crippen molar-refractivity contribution in [3.05, 3.63) is 11.6 Å². The largest absolute Gasteiger partial charge is 0.481 e. The van der Waals surface area contributed by atoms with Crippen molar-refractivity contribution in [2.24, 2.45) is 50.2 Å². The van der Waals surface area contributed by atoms with Crippen molar-refractivity contribution in [1.82, 2.24) is 0 Å². The highest BCUT2D eigenvalue weighted by Crippen LogP contribution is 2.75. The average molecular weight is 473 g/mol. The molecule has 4 nitrogen and oxygen atoms in total. The molecule has 4 heteroatoms. The Kier molecular flexibility index (Phi) is 5.36. The highest BCUT2D eigenvalue weighted by molar-refractivity contribution is 5.74. The first-order valence-corrected chi connectivity index (χ1v) is 13.9. The highest BCUT2D eigenvalue weighted by Gasteiger charge is 2.69. The summed E-state index contributed by atoms with van der Waals surface area (Å²) in [5.41, 5.74) is 0.945. The van der Waals surface area contributed by atoms with Gasteiger partial charge in [-0.15, -0.1) is 0 Å². The minimum Gasteiger partial charge on any atom is -0.481 e. The minimum absolute atomic E-state index is 0.0458. The first kappa shape index (κ1) is 24.8. The maximum absolute atomic E-state index is 12.2. The van der Waals surface area contributed by atoms with Gasteiger partial charge in [0.15, 0.2) is 0 Å². The maximum atomic E-state index is 12.2. The van der Waals surface area contributed by atoms with Crippen LogP contribution in [-0.4, -0.2) is 34.0 Å². The number of carboxylic acids is 1. The topological polar surface area (TPSA) is 77.8 Å². The summed E-state index contributed by atoms with van der Waals surface area (Å²) in [7, 11) is 0. The molecule has 0 saturated heterocycles. The molecule has 3 N–H and O–H groups in total. The summed E-state index contributed by atoms with van der Waals surface area (Å²) in [6.07, 6.45) is 12.0. The first-order valence-electron chi connectivity index (χ1n) is 13.9. The Bertz CT molecular complexity index is 907. The molecule has 0 aliphatic heterocycles. The molecule has 0 spiro atoms. The van der Waals surface area contributed by atoms with Gasteiger partial charge in [0.2, 0.25) is 0 Å². The molecule has 0 unspecified atom stereocenters. The van der Waals surface area contributed by atoms with E-state index in [9.17, 15) is 20.1 Å². The fourth-order valence-electron chi connectivity index (χ4n) is 10.5. The van der Waals surface area contributed by atoms with E-state index < -0.39 is 11.4 Å². The quantitative estimate of drug-likeness (QED) is 0.418. The van der Waals surface area contributed by atoms with Crippen LogP contribution in [0.2, 0.25) is 0 Å². The number of aliphatic hydroxyl groups is 2. The van der Waals surface area contributed by atoms with Crippen LogP contribution in [0.5, 0.6) is 0 Å². The molecule has 4 saturated carbocycles. The molecule has 5 aliphatic rings. The van der Waals surface area contributed by atoms with Crippen LogP contribution in [0.1, 0.15) is 106 Å². The third kappa shape index (κ3) is 2.88. The Morgan fingerprint density at radius 2 is 1.62 bits per heavy atom. The zero-order chi connectivity index (χ0) is 24.9. The molecule has 5 aliphatic carbocycles. The molecular formula is C30H48O4. The number of aliphatic carboxylic acids is 1. The second kappa shape index (κ2) is 7.34. The third-order valence-corrected chi connectivity index (χ3v) is 13.3. The third-order valence-electron chi connectivity index (χ3n) is 13.3. The maximum Gasteiger partial charge on any atom is 0.309 e. The first-order chi connectivity index (χ1) is 15.7. The molecule has 0 bridgehead atoms. The van der Waals surface area contributed by atoms with Crippen molar-refractivity contribution in [2.45, 2.75) is 112 Å². The van der Waals surface area contributed by atoms with Crippen molar-refractivity contribution in [3.63, 3.8) is 0 Å². The van der Waals surface area contributed by atoms with Gasteiger partial charge >= 0.3 is 5.97 Å². The SMILES string of the molecule is CC1(C)[C@H]2CC[C@]3(C)[C@H](CC=C4[C@@H]5C[C@@](C)(C(=O)O)CC[C@]5(C)CC[C@]43C)[C@@]2(CO)CC[C@@H]1O. The summed E-state index contributed by atoms with van der Waals surface area (Å²) < 4.78 is 0.